The second-order valence-electron chi connectivity index (χ2n) is 7.62. The maximum absolute atomic E-state index is 12.9. The largest absolute Gasteiger partial charge is 0.311 e. The van der Waals surface area contributed by atoms with Crippen molar-refractivity contribution in [2.75, 3.05) is 9.91 Å². The van der Waals surface area contributed by atoms with Crippen LogP contribution in [0.1, 0.15) is 6.92 Å². The predicted octanol–water partition coefficient (Wildman–Crippen LogP) is 6.65. The molecule has 1 amide bonds. The molecule has 0 aromatic heterocycles. The lowest BCUT2D eigenvalue weighted by molar-refractivity contribution is -0.112. The maximum atomic E-state index is 12.9. The van der Waals surface area contributed by atoms with Crippen molar-refractivity contribution in [3.05, 3.63) is 115 Å². The van der Waals surface area contributed by atoms with Crippen LogP contribution in [-0.2, 0) is 4.79 Å². The third-order valence-electron chi connectivity index (χ3n) is 5.37. The number of hydrogen-bond donors (Lipinski definition) is 0. The van der Waals surface area contributed by atoms with Crippen molar-refractivity contribution >= 4 is 45.8 Å². The minimum absolute atomic E-state index is 0.224. The molecule has 1 aliphatic heterocycles. The molecule has 4 aromatic rings. The van der Waals surface area contributed by atoms with Gasteiger partial charge >= 0.3 is 0 Å². The van der Waals surface area contributed by atoms with Crippen molar-refractivity contribution < 1.29 is 4.79 Å². The first-order chi connectivity index (χ1) is 16.2. The van der Waals surface area contributed by atoms with E-state index in [0.29, 0.717) is 17.1 Å². The van der Waals surface area contributed by atoms with E-state index in [1.807, 2.05) is 91.0 Å². The third kappa shape index (κ3) is 4.16. The van der Waals surface area contributed by atoms with E-state index >= 15 is 0 Å². The molecular weight excluding hydrogens is 408 g/mol. The number of nitrogens with zero attached hydrogens (tertiary/aromatic N) is 4. The second kappa shape index (κ2) is 8.93. The number of carbonyl (C=O) groups is 1. The zero-order chi connectivity index (χ0) is 22.6. The Morgan fingerprint density at radius 3 is 1.70 bits per heavy atom. The molecule has 4 aromatic carbocycles. The molecular formula is C28H22N4O. The quantitative estimate of drug-likeness (QED) is 0.356. The van der Waals surface area contributed by atoms with Crippen LogP contribution in [0.3, 0.4) is 0 Å². The Morgan fingerprint density at radius 2 is 1.15 bits per heavy atom. The molecule has 0 bridgehead atoms. The molecule has 5 heteroatoms. The molecule has 0 fully saturated rings. The minimum Gasteiger partial charge on any atom is -0.311 e. The van der Waals surface area contributed by atoms with E-state index in [0.717, 1.165) is 22.7 Å². The van der Waals surface area contributed by atoms with Gasteiger partial charge in [0.1, 0.15) is 0 Å². The van der Waals surface area contributed by atoms with Crippen LogP contribution in [0.4, 0.5) is 28.4 Å². The van der Waals surface area contributed by atoms with Crippen LogP contribution in [0.25, 0.3) is 0 Å². The Hall–Kier alpha value is -4.51. The van der Waals surface area contributed by atoms with Crippen LogP contribution in [0, 0.1) is 0 Å². The maximum Gasteiger partial charge on any atom is 0.299 e. The van der Waals surface area contributed by atoms with Crippen LogP contribution in [-0.4, -0.2) is 17.3 Å². The highest BCUT2D eigenvalue weighted by atomic mass is 16.2. The lowest BCUT2D eigenvalue weighted by Crippen LogP contribution is -2.27. The van der Waals surface area contributed by atoms with E-state index in [2.05, 4.69) is 39.3 Å². The van der Waals surface area contributed by atoms with Gasteiger partial charge in [0.2, 0.25) is 0 Å². The molecule has 0 unspecified atom stereocenters. The normalized spacial score (nSPS) is 14.5. The number of amides is 1. The zero-order valence-electron chi connectivity index (χ0n) is 18.2. The van der Waals surface area contributed by atoms with Gasteiger partial charge in [-0.1, -0.05) is 54.6 Å². The number of hydrazone groups is 1. The van der Waals surface area contributed by atoms with Gasteiger partial charge in [-0.3, -0.25) is 4.79 Å². The van der Waals surface area contributed by atoms with Crippen molar-refractivity contribution in [2.45, 2.75) is 6.92 Å². The summed E-state index contributed by atoms with van der Waals surface area (Å²) >= 11 is 0. The third-order valence-corrected chi connectivity index (χ3v) is 5.37. The molecule has 0 saturated carbocycles. The number of aliphatic imine (C=N–C) groups is 1. The Morgan fingerprint density at radius 1 is 0.667 bits per heavy atom. The predicted molar refractivity (Wildman–Crippen MR) is 135 cm³/mol. The van der Waals surface area contributed by atoms with Gasteiger partial charge < -0.3 is 4.90 Å². The summed E-state index contributed by atoms with van der Waals surface area (Å²) in [6.45, 7) is 1.81. The van der Waals surface area contributed by atoms with Crippen molar-refractivity contribution in [1.82, 2.24) is 0 Å². The van der Waals surface area contributed by atoms with E-state index in [-0.39, 0.29) is 5.91 Å². The fourth-order valence-corrected chi connectivity index (χ4v) is 3.78. The van der Waals surface area contributed by atoms with Crippen molar-refractivity contribution in [3.63, 3.8) is 0 Å². The number of para-hydroxylation sites is 3. The van der Waals surface area contributed by atoms with Crippen LogP contribution in [0.2, 0.25) is 0 Å². The van der Waals surface area contributed by atoms with E-state index in [9.17, 15) is 4.79 Å². The minimum atomic E-state index is -0.224. The summed E-state index contributed by atoms with van der Waals surface area (Å²) in [5.74, 6) is -0.224. The molecule has 0 aliphatic carbocycles. The molecule has 0 radical (unpaired) electrons. The molecule has 0 N–H and O–H groups in total. The van der Waals surface area contributed by atoms with Crippen molar-refractivity contribution in [1.29, 1.82) is 0 Å². The van der Waals surface area contributed by atoms with Crippen LogP contribution in [0.5, 0.6) is 0 Å². The second-order valence-corrected chi connectivity index (χ2v) is 7.62. The first kappa shape index (κ1) is 20.4. The SMILES string of the molecule is CC1=NN(c2ccccc2)C(=O)C1=Nc1ccc(N(c2ccccc2)c2ccccc2)cc1. The van der Waals surface area contributed by atoms with Gasteiger partial charge in [-0.15, -0.1) is 0 Å². The van der Waals surface area contributed by atoms with Gasteiger partial charge in [0.25, 0.3) is 5.91 Å². The summed E-state index contributed by atoms with van der Waals surface area (Å²) in [6, 6.07) is 37.7. The molecule has 1 aliphatic rings. The zero-order valence-corrected chi connectivity index (χ0v) is 18.2. The van der Waals surface area contributed by atoms with E-state index in [1.54, 1.807) is 6.92 Å². The molecule has 0 saturated heterocycles. The monoisotopic (exact) mass is 430 g/mol. The summed E-state index contributed by atoms with van der Waals surface area (Å²) in [7, 11) is 0. The van der Waals surface area contributed by atoms with Gasteiger partial charge in [0.15, 0.2) is 5.71 Å². The van der Waals surface area contributed by atoms with Gasteiger partial charge in [0, 0.05) is 17.1 Å². The van der Waals surface area contributed by atoms with Gasteiger partial charge in [0.05, 0.1) is 17.1 Å². The number of anilines is 4. The standard InChI is InChI=1S/C28H22N4O/c1-21-27(28(33)32(30-21)26-15-9-4-10-16-26)29-22-17-19-25(20-18-22)31(23-11-5-2-6-12-23)24-13-7-3-8-14-24/h2-20H,1H3. The van der Waals surface area contributed by atoms with Crippen LogP contribution < -0.4 is 9.91 Å². The van der Waals surface area contributed by atoms with E-state index in [4.69, 9.17) is 0 Å². The average Bonchev–Trinajstić information content (AvgIpc) is 3.15. The summed E-state index contributed by atoms with van der Waals surface area (Å²) in [6.07, 6.45) is 0. The topological polar surface area (TPSA) is 48.3 Å². The summed E-state index contributed by atoms with van der Waals surface area (Å²) in [4.78, 5) is 19.7. The number of hydrogen-bond acceptors (Lipinski definition) is 4. The lowest BCUT2D eigenvalue weighted by Gasteiger charge is -2.25. The number of benzene rings is 4. The summed E-state index contributed by atoms with van der Waals surface area (Å²) in [5.41, 5.74) is 5.52. The highest BCUT2D eigenvalue weighted by Gasteiger charge is 2.30. The first-order valence-electron chi connectivity index (χ1n) is 10.7. The Labute approximate surface area is 192 Å². The van der Waals surface area contributed by atoms with Crippen LogP contribution in [0.15, 0.2) is 125 Å². The van der Waals surface area contributed by atoms with Gasteiger partial charge in [-0.25, -0.2) is 4.99 Å². The van der Waals surface area contributed by atoms with E-state index in [1.165, 1.54) is 5.01 Å². The van der Waals surface area contributed by atoms with Crippen LogP contribution >= 0.6 is 0 Å². The summed E-state index contributed by atoms with van der Waals surface area (Å²) in [5, 5.41) is 5.80. The molecule has 160 valence electrons. The van der Waals surface area contributed by atoms with E-state index < -0.39 is 0 Å². The Balaban J connectivity index is 1.45. The fourth-order valence-electron chi connectivity index (χ4n) is 3.78. The van der Waals surface area contributed by atoms with Gasteiger partial charge in [-0.2, -0.15) is 10.1 Å². The average molecular weight is 431 g/mol. The van der Waals surface area contributed by atoms with Gasteiger partial charge in [-0.05, 0) is 67.6 Å². The molecule has 5 nitrogen and oxygen atoms in total. The first-order valence-corrected chi connectivity index (χ1v) is 10.7. The number of carbonyl (C=O) groups excluding carboxylic acids is 1. The lowest BCUT2D eigenvalue weighted by atomic mass is 10.2. The highest BCUT2D eigenvalue weighted by Crippen LogP contribution is 2.35. The summed E-state index contributed by atoms with van der Waals surface area (Å²) < 4.78 is 0. The molecule has 1 heterocycles. The Bertz CT molecular complexity index is 1280. The smallest absolute Gasteiger partial charge is 0.299 e. The molecule has 0 atom stereocenters. The Kier molecular flexibility index (Phi) is 5.52. The molecule has 33 heavy (non-hydrogen) atoms. The fraction of sp³-hybridized carbons (Fsp3) is 0.0357. The van der Waals surface area contributed by atoms with Crippen molar-refractivity contribution in [2.24, 2.45) is 10.1 Å². The number of rotatable bonds is 5. The molecule has 5 rings (SSSR count). The molecule has 0 spiro atoms. The highest BCUT2D eigenvalue weighted by molar-refractivity contribution is 6.71. The van der Waals surface area contributed by atoms with Crippen molar-refractivity contribution in [3.8, 4) is 0 Å².